The van der Waals surface area contributed by atoms with Crippen LogP contribution >= 0.6 is 0 Å². The Kier molecular flexibility index (Phi) is 4.95. The number of aromatic nitrogens is 5. The summed E-state index contributed by atoms with van der Waals surface area (Å²) in [5, 5.41) is 5.65. The topological polar surface area (TPSA) is 48.5 Å². The van der Waals surface area contributed by atoms with Gasteiger partial charge in [0.25, 0.3) is 0 Å². The second-order valence-electron chi connectivity index (χ2n) is 8.80. The number of imidazole rings is 1. The van der Waals surface area contributed by atoms with E-state index in [1.807, 2.05) is 24.1 Å². The lowest BCUT2D eigenvalue weighted by atomic mass is 10.0. The highest BCUT2D eigenvalue weighted by Gasteiger charge is 2.18. The van der Waals surface area contributed by atoms with E-state index in [0.29, 0.717) is 0 Å². The van der Waals surface area contributed by atoms with Crippen LogP contribution < -0.4 is 0 Å². The van der Waals surface area contributed by atoms with Crippen LogP contribution in [-0.4, -0.2) is 24.3 Å². The van der Waals surface area contributed by atoms with E-state index < -0.39 is 0 Å². The van der Waals surface area contributed by atoms with Crippen molar-refractivity contribution in [3.63, 3.8) is 0 Å². The zero-order valence-corrected chi connectivity index (χ0v) is 19.3. The van der Waals surface area contributed by atoms with Crippen molar-refractivity contribution in [1.82, 2.24) is 24.3 Å². The fourth-order valence-electron chi connectivity index (χ4n) is 4.77. The van der Waals surface area contributed by atoms with Crippen molar-refractivity contribution in [3.05, 3.63) is 114 Å². The number of aryl methyl sites for hydroxylation is 1. The van der Waals surface area contributed by atoms with E-state index in [2.05, 4.69) is 107 Å². The van der Waals surface area contributed by atoms with Gasteiger partial charge in [0, 0.05) is 37.4 Å². The van der Waals surface area contributed by atoms with Gasteiger partial charge in [0.1, 0.15) is 5.82 Å². The molecule has 6 rings (SSSR count). The molecule has 3 heterocycles. The number of hydrogen-bond acceptors (Lipinski definition) is 3. The van der Waals surface area contributed by atoms with Gasteiger partial charge < -0.3 is 4.57 Å². The molecule has 3 aromatic carbocycles. The summed E-state index contributed by atoms with van der Waals surface area (Å²) in [6.07, 6.45) is 6.50. The van der Waals surface area contributed by atoms with Gasteiger partial charge in [0.2, 0.25) is 0 Å². The van der Waals surface area contributed by atoms with E-state index in [1.54, 1.807) is 0 Å². The highest BCUT2D eigenvalue weighted by Crippen LogP contribution is 2.31. The fourth-order valence-corrected chi connectivity index (χ4v) is 4.77. The van der Waals surface area contributed by atoms with Crippen molar-refractivity contribution in [2.24, 2.45) is 7.05 Å². The minimum Gasteiger partial charge on any atom is -0.320 e. The highest BCUT2D eigenvalue weighted by molar-refractivity contribution is 5.88. The normalized spacial score (nSPS) is 12.4. The number of fused-ring (bicyclic) bond motifs is 2. The van der Waals surface area contributed by atoms with Crippen molar-refractivity contribution < 1.29 is 0 Å². The maximum Gasteiger partial charge on any atom is 0.114 e. The lowest BCUT2D eigenvalue weighted by Gasteiger charge is -2.19. The molecular weight excluding hydrogens is 418 g/mol. The van der Waals surface area contributed by atoms with Crippen LogP contribution in [0.3, 0.4) is 0 Å². The van der Waals surface area contributed by atoms with Crippen LogP contribution in [0.2, 0.25) is 0 Å². The largest absolute Gasteiger partial charge is 0.320 e. The first-order valence-corrected chi connectivity index (χ1v) is 11.5. The van der Waals surface area contributed by atoms with Crippen LogP contribution in [0.5, 0.6) is 0 Å². The molecule has 0 aliphatic heterocycles. The third-order valence-corrected chi connectivity index (χ3v) is 6.50. The Labute approximate surface area is 198 Å². The summed E-state index contributed by atoms with van der Waals surface area (Å²) in [6, 6.07) is 27.9. The van der Waals surface area contributed by atoms with Crippen LogP contribution in [0.1, 0.15) is 29.9 Å². The Morgan fingerprint density at radius 3 is 2.35 bits per heavy atom. The summed E-state index contributed by atoms with van der Waals surface area (Å²) >= 11 is 0. The molecule has 0 fully saturated rings. The molecule has 0 aliphatic carbocycles. The van der Waals surface area contributed by atoms with Gasteiger partial charge in [-0.25, -0.2) is 4.98 Å². The fraction of sp³-hybridized carbons (Fsp3) is 0.138. The SMILES string of the molecule is CC(c1ccccc1)n1c(Cc2ccncc2)nc2ccc(-c3ccc4nn(C)cc4c3)cc21. The van der Waals surface area contributed by atoms with E-state index in [1.165, 1.54) is 22.3 Å². The van der Waals surface area contributed by atoms with Crippen LogP contribution in [0.4, 0.5) is 0 Å². The molecule has 5 nitrogen and oxygen atoms in total. The van der Waals surface area contributed by atoms with Crippen molar-refractivity contribution >= 4 is 21.9 Å². The molecule has 166 valence electrons. The number of rotatable bonds is 5. The molecule has 3 aromatic heterocycles. The average Bonchev–Trinajstić information content (AvgIpc) is 3.42. The highest BCUT2D eigenvalue weighted by atomic mass is 15.2. The number of benzene rings is 3. The van der Waals surface area contributed by atoms with Gasteiger partial charge in [-0.2, -0.15) is 5.10 Å². The minimum atomic E-state index is 0.152. The van der Waals surface area contributed by atoms with Gasteiger partial charge in [-0.3, -0.25) is 9.67 Å². The smallest absolute Gasteiger partial charge is 0.114 e. The van der Waals surface area contributed by atoms with Crippen molar-refractivity contribution in [1.29, 1.82) is 0 Å². The van der Waals surface area contributed by atoms with Crippen LogP contribution in [0.15, 0.2) is 97.5 Å². The summed E-state index contributed by atoms with van der Waals surface area (Å²) in [5.41, 5.74) is 7.99. The second-order valence-corrected chi connectivity index (χ2v) is 8.80. The molecule has 5 heteroatoms. The van der Waals surface area contributed by atoms with Crippen molar-refractivity contribution in [3.8, 4) is 11.1 Å². The molecule has 0 aliphatic rings. The lowest BCUT2D eigenvalue weighted by molar-refractivity contribution is 0.627. The zero-order valence-electron chi connectivity index (χ0n) is 19.3. The van der Waals surface area contributed by atoms with E-state index >= 15 is 0 Å². The number of pyridine rings is 1. The first-order chi connectivity index (χ1) is 16.7. The first kappa shape index (κ1) is 20.4. The molecule has 0 bridgehead atoms. The number of hydrogen-bond donors (Lipinski definition) is 0. The minimum absolute atomic E-state index is 0.152. The van der Waals surface area contributed by atoms with Crippen molar-refractivity contribution in [2.75, 3.05) is 0 Å². The molecule has 0 saturated carbocycles. The van der Waals surface area contributed by atoms with Gasteiger partial charge >= 0.3 is 0 Å². The third kappa shape index (κ3) is 3.65. The Morgan fingerprint density at radius 1 is 0.824 bits per heavy atom. The zero-order chi connectivity index (χ0) is 23.1. The summed E-state index contributed by atoms with van der Waals surface area (Å²) < 4.78 is 4.25. The van der Waals surface area contributed by atoms with E-state index in [0.717, 1.165) is 34.2 Å². The molecule has 34 heavy (non-hydrogen) atoms. The first-order valence-electron chi connectivity index (χ1n) is 11.5. The molecule has 0 spiro atoms. The van der Waals surface area contributed by atoms with Crippen LogP contribution in [-0.2, 0) is 13.5 Å². The Balaban J connectivity index is 1.51. The Hall–Kier alpha value is -4.25. The van der Waals surface area contributed by atoms with Gasteiger partial charge in [0.05, 0.1) is 22.6 Å². The van der Waals surface area contributed by atoms with Gasteiger partial charge in [-0.05, 0) is 65.6 Å². The van der Waals surface area contributed by atoms with Gasteiger partial charge in [-0.1, -0.05) is 42.5 Å². The quantitative estimate of drug-likeness (QED) is 0.319. The molecule has 1 unspecified atom stereocenters. The molecule has 0 saturated heterocycles. The number of nitrogens with zero attached hydrogens (tertiary/aromatic N) is 5. The van der Waals surface area contributed by atoms with E-state index in [9.17, 15) is 0 Å². The van der Waals surface area contributed by atoms with Crippen molar-refractivity contribution in [2.45, 2.75) is 19.4 Å². The van der Waals surface area contributed by atoms with Gasteiger partial charge in [0.15, 0.2) is 0 Å². The Bertz CT molecular complexity index is 1600. The standard InChI is InChI=1S/C29H25N5/c1-20(22-6-4-3-5-7-22)34-28-18-24(23-8-10-26-25(17-23)19-33(2)32-26)9-11-27(28)31-29(34)16-21-12-14-30-15-13-21/h3-15,17-20H,16H2,1-2H3. The summed E-state index contributed by atoms with van der Waals surface area (Å²) in [7, 11) is 1.96. The maximum atomic E-state index is 5.07. The second kappa shape index (κ2) is 8.27. The summed E-state index contributed by atoms with van der Waals surface area (Å²) in [5.74, 6) is 1.05. The van der Waals surface area contributed by atoms with E-state index in [-0.39, 0.29) is 6.04 Å². The summed E-state index contributed by atoms with van der Waals surface area (Å²) in [4.78, 5) is 9.24. The van der Waals surface area contributed by atoms with Crippen LogP contribution in [0.25, 0.3) is 33.1 Å². The molecular formula is C29H25N5. The third-order valence-electron chi connectivity index (χ3n) is 6.50. The lowest BCUT2D eigenvalue weighted by Crippen LogP contribution is -2.11. The Morgan fingerprint density at radius 2 is 1.56 bits per heavy atom. The van der Waals surface area contributed by atoms with Gasteiger partial charge in [-0.15, -0.1) is 0 Å². The molecule has 1 atom stereocenters. The molecule has 0 N–H and O–H groups in total. The monoisotopic (exact) mass is 443 g/mol. The van der Waals surface area contributed by atoms with Crippen LogP contribution in [0, 0.1) is 0 Å². The summed E-state index contributed by atoms with van der Waals surface area (Å²) in [6.45, 7) is 2.25. The molecule has 0 amide bonds. The average molecular weight is 444 g/mol. The molecule has 0 radical (unpaired) electrons. The van der Waals surface area contributed by atoms with E-state index in [4.69, 9.17) is 4.98 Å². The predicted molar refractivity (Wildman–Crippen MR) is 137 cm³/mol. The maximum absolute atomic E-state index is 5.07. The predicted octanol–water partition coefficient (Wildman–Crippen LogP) is 6.19. The molecule has 6 aromatic rings.